The summed E-state index contributed by atoms with van der Waals surface area (Å²) in [6.45, 7) is 5.63. The molecule has 1 heterocycles. The zero-order valence-electron chi connectivity index (χ0n) is 11.4. The van der Waals surface area contributed by atoms with Gasteiger partial charge in [-0.3, -0.25) is 9.69 Å². The van der Waals surface area contributed by atoms with Crippen molar-refractivity contribution in [1.82, 2.24) is 4.90 Å². The van der Waals surface area contributed by atoms with Crippen LogP contribution >= 0.6 is 15.9 Å². The summed E-state index contributed by atoms with van der Waals surface area (Å²) in [5.74, 6) is -0.652. The zero-order chi connectivity index (χ0) is 14.0. The van der Waals surface area contributed by atoms with Gasteiger partial charge in [0.25, 0.3) is 0 Å². The van der Waals surface area contributed by atoms with Crippen molar-refractivity contribution in [2.45, 2.75) is 32.7 Å². The Morgan fingerprint density at radius 2 is 2.11 bits per heavy atom. The van der Waals surface area contributed by atoms with Gasteiger partial charge in [0.1, 0.15) is 0 Å². The van der Waals surface area contributed by atoms with E-state index in [9.17, 15) is 9.90 Å². The van der Waals surface area contributed by atoms with Crippen molar-refractivity contribution in [2.75, 3.05) is 13.1 Å². The Hall–Kier alpha value is -0.870. The lowest BCUT2D eigenvalue weighted by Gasteiger charge is -2.27. The molecule has 2 unspecified atom stereocenters. The van der Waals surface area contributed by atoms with E-state index in [0.29, 0.717) is 13.0 Å². The lowest BCUT2D eigenvalue weighted by molar-refractivity contribution is -0.148. The van der Waals surface area contributed by atoms with Gasteiger partial charge in [-0.1, -0.05) is 35.0 Å². The number of hydrogen-bond acceptors (Lipinski definition) is 2. The lowest BCUT2D eigenvalue weighted by atomic mass is 9.84. The van der Waals surface area contributed by atoms with Crippen molar-refractivity contribution in [3.05, 3.63) is 34.3 Å². The van der Waals surface area contributed by atoms with Crippen LogP contribution in [0.3, 0.4) is 0 Å². The number of halogens is 1. The van der Waals surface area contributed by atoms with E-state index in [2.05, 4.69) is 39.9 Å². The van der Waals surface area contributed by atoms with Gasteiger partial charge in [0.05, 0.1) is 5.41 Å². The molecule has 104 valence electrons. The summed E-state index contributed by atoms with van der Waals surface area (Å²) >= 11 is 3.44. The van der Waals surface area contributed by atoms with Crippen molar-refractivity contribution in [3.63, 3.8) is 0 Å². The number of hydrogen-bond donors (Lipinski definition) is 1. The molecule has 0 radical (unpaired) electrons. The van der Waals surface area contributed by atoms with Crippen LogP contribution in [0.25, 0.3) is 0 Å². The van der Waals surface area contributed by atoms with E-state index < -0.39 is 11.4 Å². The van der Waals surface area contributed by atoms with Gasteiger partial charge in [-0.05, 0) is 44.0 Å². The Morgan fingerprint density at radius 1 is 1.47 bits per heavy atom. The molecule has 0 saturated carbocycles. The third-order valence-corrected chi connectivity index (χ3v) is 4.94. The summed E-state index contributed by atoms with van der Waals surface area (Å²) in [6.07, 6.45) is 1.45. The van der Waals surface area contributed by atoms with Gasteiger partial charge in [0.2, 0.25) is 0 Å². The average molecular weight is 326 g/mol. The lowest BCUT2D eigenvalue weighted by Crippen LogP contribution is -2.34. The quantitative estimate of drug-likeness (QED) is 0.917. The number of nitrogens with zero attached hydrogens (tertiary/aromatic N) is 1. The SMILES string of the molecule is CCC1(C(=O)O)CCN(C(C)c2ccc(Br)cc2)C1. The largest absolute Gasteiger partial charge is 0.481 e. The van der Waals surface area contributed by atoms with E-state index in [1.54, 1.807) is 0 Å². The first-order valence-corrected chi connectivity index (χ1v) is 7.51. The smallest absolute Gasteiger partial charge is 0.310 e. The molecule has 2 atom stereocenters. The molecule has 3 nitrogen and oxygen atoms in total. The number of rotatable bonds is 4. The van der Waals surface area contributed by atoms with Gasteiger partial charge in [0.15, 0.2) is 0 Å². The number of carboxylic acids is 1. The van der Waals surface area contributed by atoms with Gasteiger partial charge in [-0.25, -0.2) is 0 Å². The van der Waals surface area contributed by atoms with E-state index >= 15 is 0 Å². The maximum absolute atomic E-state index is 11.5. The third kappa shape index (κ3) is 2.84. The standard InChI is InChI=1S/C15H20BrNO2/c1-3-15(14(18)19)8-9-17(10-15)11(2)12-4-6-13(16)7-5-12/h4-7,11H,3,8-10H2,1-2H3,(H,18,19). The summed E-state index contributed by atoms with van der Waals surface area (Å²) in [6, 6.07) is 8.53. The number of carbonyl (C=O) groups is 1. The predicted molar refractivity (Wildman–Crippen MR) is 79.1 cm³/mol. The Bertz CT molecular complexity index is 460. The van der Waals surface area contributed by atoms with E-state index in [1.807, 2.05) is 19.1 Å². The molecule has 0 aromatic heterocycles. The first-order valence-electron chi connectivity index (χ1n) is 6.71. The Labute approximate surface area is 122 Å². The van der Waals surface area contributed by atoms with E-state index in [-0.39, 0.29) is 6.04 Å². The molecule has 4 heteroatoms. The van der Waals surface area contributed by atoms with Crippen LogP contribution < -0.4 is 0 Å². The van der Waals surface area contributed by atoms with Crippen LogP contribution in [0.1, 0.15) is 38.3 Å². The molecule has 1 aliphatic heterocycles. The molecule has 19 heavy (non-hydrogen) atoms. The molecular weight excluding hydrogens is 306 g/mol. The summed E-state index contributed by atoms with van der Waals surface area (Å²) in [5, 5.41) is 9.44. The van der Waals surface area contributed by atoms with Gasteiger partial charge in [0, 0.05) is 17.1 Å². The van der Waals surface area contributed by atoms with Crippen molar-refractivity contribution >= 4 is 21.9 Å². The fraction of sp³-hybridized carbons (Fsp3) is 0.533. The molecule has 1 fully saturated rings. The van der Waals surface area contributed by atoms with Gasteiger partial charge in [-0.15, -0.1) is 0 Å². The van der Waals surface area contributed by atoms with Gasteiger partial charge < -0.3 is 5.11 Å². The highest BCUT2D eigenvalue weighted by molar-refractivity contribution is 9.10. The average Bonchev–Trinajstić information content (AvgIpc) is 2.84. The molecule has 0 aliphatic carbocycles. The zero-order valence-corrected chi connectivity index (χ0v) is 13.0. The summed E-state index contributed by atoms with van der Waals surface area (Å²) in [5.41, 5.74) is 0.685. The van der Waals surface area contributed by atoms with Gasteiger partial charge in [-0.2, -0.15) is 0 Å². The van der Waals surface area contributed by atoms with Gasteiger partial charge >= 0.3 is 5.97 Å². The summed E-state index contributed by atoms with van der Waals surface area (Å²) in [7, 11) is 0. The molecule has 0 spiro atoms. The minimum Gasteiger partial charge on any atom is -0.481 e. The molecule has 1 saturated heterocycles. The number of benzene rings is 1. The van der Waals surface area contributed by atoms with Crippen molar-refractivity contribution in [2.24, 2.45) is 5.41 Å². The molecule has 1 N–H and O–H groups in total. The molecule has 0 amide bonds. The first-order chi connectivity index (χ1) is 8.98. The number of likely N-dealkylation sites (tertiary alicyclic amines) is 1. The minimum absolute atomic E-state index is 0.265. The van der Waals surface area contributed by atoms with Crippen molar-refractivity contribution < 1.29 is 9.90 Å². The maximum atomic E-state index is 11.5. The van der Waals surface area contributed by atoms with Crippen molar-refractivity contribution in [1.29, 1.82) is 0 Å². The molecule has 2 rings (SSSR count). The Morgan fingerprint density at radius 3 is 2.58 bits per heavy atom. The monoisotopic (exact) mass is 325 g/mol. The van der Waals surface area contributed by atoms with Crippen LogP contribution in [0.2, 0.25) is 0 Å². The fourth-order valence-corrected chi connectivity index (χ4v) is 3.07. The van der Waals surface area contributed by atoms with Crippen LogP contribution in [0, 0.1) is 5.41 Å². The van der Waals surface area contributed by atoms with Crippen LogP contribution in [0.5, 0.6) is 0 Å². The Kier molecular flexibility index (Phi) is 4.31. The minimum atomic E-state index is -0.652. The van der Waals surface area contributed by atoms with Crippen LogP contribution in [-0.2, 0) is 4.79 Å². The van der Waals surface area contributed by atoms with E-state index in [4.69, 9.17) is 0 Å². The fourth-order valence-electron chi connectivity index (χ4n) is 2.80. The third-order valence-electron chi connectivity index (χ3n) is 4.41. The molecule has 1 aliphatic rings. The van der Waals surface area contributed by atoms with E-state index in [1.165, 1.54) is 5.56 Å². The molecule has 1 aromatic rings. The van der Waals surface area contributed by atoms with Crippen LogP contribution in [-0.4, -0.2) is 29.1 Å². The summed E-state index contributed by atoms with van der Waals surface area (Å²) in [4.78, 5) is 13.7. The Balaban J connectivity index is 2.12. The first kappa shape index (κ1) is 14.5. The molecular formula is C15H20BrNO2. The molecule has 0 bridgehead atoms. The van der Waals surface area contributed by atoms with E-state index in [0.717, 1.165) is 17.4 Å². The van der Waals surface area contributed by atoms with Crippen LogP contribution in [0.4, 0.5) is 0 Å². The second-order valence-corrected chi connectivity index (χ2v) is 6.30. The van der Waals surface area contributed by atoms with Crippen molar-refractivity contribution in [3.8, 4) is 0 Å². The topological polar surface area (TPSA) is 40.5 Å². The predicted octanol–water partition coefficient (Wildman–Crippen LogP) is 3.70. The highest BCUT2D eigenvalue weighted by Crippen LogP contribution is 2.38. The summed E-state index contributed by atoms with van der Waals surface area (Å²) < 4.78 is 1.07. The number of carboxylic acid groups (broad SMARTS) is 1. The second kappa shape index (κ2) is 5.63. The number of aliphatic carboxylic acids is 1. The highest BCUT2D eigenvalue weighted by Gasteiger charge is 2.44. The normalized spacial score (nSPS) is 25.4. The second-order valence-electron chi connectivity index (χ2n) is 5.39. The van der Waals surface area contributed by atoms with Crippen LogP contribution in [0.15, 0.2) is 28.7 Å². The maximum Gasteiger partial charge on any atom is 0.310 e. The highest BCUT2D eigenvalue weighted by atomic mass is 79.9. The molecule has 1 aromatic carbocycles.